The van der Waals surface area contributed by atoms with Crippen LogP contribution in [0.2, 0.25) is 5.02 Å². The molecular formula is C20H15BrClFN2OS. The lowest BCUT2D eigenvalue weighted by Crippen LogP contribution is -2.16. The summed E-state index contributed by atoms with van der Waals surface area (Å²) in [4.78, 5) is 5.48. The van der Waals surface area contributed by atoms with Crippen molar-refractivity contribution in [2.75, 3.05) is 0 Å². The second-order valence-electron chi connectivity index (χ2n) is 5.66. The van der Waals surface area contributed by atoms with Gasteiger partial charge in [-0.15, -0.1) is 28.3 Å². The fourth-order valence-corrected chi connectivity index (χ4v) is 3.66. The molecule has 2 aromatic carbocycles. The highest BCUT2D eigenvalue weighted by molar-refractivity contribution is 8.93. The minimum atomic E-state index is -0.277. The molecule has 0 N–H and O–H groups in total. The zero-order chi connectivity index (χ0) is 17.9. The van der Waals surface area contributed by atoms with Crippen LogP contribution in [0, 0.1) is 5.82 Å². The van der Waals surface area contributed by atoms with Crippen LogP contribution < -0.4 is 4.80 Å². The summed E-state index contributed by atoms with van der Waals surface area (Å²) >= 11 is 7.53. The van der Waals surface area contributed by atoms with Gasteiger partial charge in [-0.25, -0.2) is 9.38 Å². The highest BCUT2D eigenvalue weighted by atomic mass is 79.9. The first-order valence-corrected chi connectivity index (χ1v) is 9.22. The number of aromatic nitrogens is 1. The van der Waals surface area contributed by atoms with Gasteiger partial charge in [0.1, 0.15) is 11.6 Å². The van der Waals surface area contributed by atoms with Crippen LogP contribution in [0.15, 0.2) is 81.7 Å². The number of nitrogens with zero attached hydrogens (tertiary/aromatic N) is 2. The molecular weight excluding hydrogens is 451 g/mol. The average Bonchev–Trinajstić information content (AvgIpc) is 3.29. The highest BCUT2D eigenvalue weighted by Gasteiger charge is 2.10. The first-order chi connectivity index (χ1) is 12.7. The van der Waals surface area contributed by atoms with E-state index < -0.39 is 0 Å². The molecule has 0 bridgehead atoms. The lowest BCUT2D eigenvalue weighted by molar-refractivity contribution is 0.492. The van der Waals surface area contributed by atoms with E-state index in [1.54, 1.807) is 18.4 Å². The average molecular weight is 466 g/mol. The van der Waals surface area contributed by atoms with Gasteiger partial charge in [0, 0.05) is 10.4 Å². The van der Waals surface area contributed by atoms with Gasteiger partial charge in [0.2, 0.25) is 0 Å². The van der Waals surface area contributed by atoms with Gasteiger partial charge in [-0.05, 0) is 54.1 Å². The Balaban J connectivity index is 0.00000210. The number of furan rings is 1. The fraction of sp³-hybridized carbons (Fsp3) is 0.0500. The van der Waals surface area contributed by atoms with Crippen LogP contribution in [0.4, 0.5) is 10.1 Å². The summed E-state index contributed by atoms with van der Waals surface area (Å²) in [5.41, 5.74) is 2.76. The van der Waals surface area contributed by atoms with Gasteiger partial charge < -0.3 is 8.98 Å². The molecule has 0 amide bonds. The smallest absolute Gasteiger partial charge is 0.190 e. The second kappa shape index (κ2) is 8.69. The predicted molar refractivity (Wildman–Crippen MR) is 113 cm³/mol. The van der Waals surface area contributed by atoms with E-state index in [2.05, 4.69) is 14.9 Å². The largest absolute Gasteiger partial charge is 0.467 e. The molecule has 4 aromatic rings. The van der Waals surface area contributed by atoms with E-state index in [0.717, 1.165) is 21.8 Å². The van der Waals surface area contributed by atoms with Crippen molar-refractivity contribution in [3.8, 4) is 11.3 Å². The van der Waals surface area contributed by atoms with Crippen LogP contribution in [0.25, 0.3) is 11.3 Å². The molecule has 3 nitrogen and oxygen atoms in total. The van der Waals surface area contributed by atoms with E-state index in [1.807, 2.05) is 36.4 Å². The molecule has 0 aliphatic rings. The summed E-state index contributed by atoms with van der Waals surface area (Å²) in [6.07, 6.45) is 1.65. The van der Waals surface area contributed by atoms with E-state index in [4.69, 9.17) is 16.0 Å². The Morgan fingerprint density at radius 1 is 1.04 bits per heavy atom. The second-order valence-corrected chi connectivity index (χ2v) is 6.94. The molecule has 7 heteroatoms. The molecule has 0 unspecified atom stereocenters. The van der Waals surface area contributed by atoms with E-state index in [-0.39, 0.29) is 22.8 Å². The molecule has 0 spiro atoms. The summed E-state index contributed by atoms with van der Waals surface area (Å²) in [7, 11) is 0. The first kappa shape index (κ1) is 19.6. The van der Waals surface area contributed by atoms with Crippen LogP contribution in [0.3, 0.4) is 0 Å². The molecule has 0 aliphatic heterocycles. The standard InChI is InChI=1S/C20H14ClFN2OS.BrH/c21-15-5-3-14(4-6-15)19-13-26-20(23-17-9-7-16(22)8-10-17)24(19)12-18-2-1-11-25-18;/h1-11,13H,12H2;1H. The normalized spacial score (nSPS) is 11.4. The Hall–Kier alpha value is -2.15. The summed E-state index contributed by atoms with van der Waals surface area (Å²) < 4.78 is 20.7. The maximum absolute atomic E-state index is 13.1. The Morgan fingerprint density at radius 2 is 1.78 bits per heavy atom. The third-order valence-electron chi connectivity index (χ3n) is 3.88. The van der Waals surface area contributed by atoms with Crippen molar-refractivity contribution in [2.24, 2.45) is 4.99 Å². The fourth-order valence-electron chi connectivity index (χ4n) is 2.61. The summed E-state index contributed by atoms with van der Waals surface area (Å²) in [6.45, 7) is 0.550. The van der Waals surface area contributed by atoms with Crippen molar-refractivity contribution < 1.29 is 8.81 Å². The van der Waals surface area contributed by atoms with E-state index in [1.165, 1.54) is 23.5 Å². The number of thiazole rings is 1. The van der Waals surface area contributed by atoms with Crippen LogP contribution >= 0.6 is 39.9 Å². The van der Waals surface area contributed by atoms with Gasteiger partial charge >= 0.3 is 0 Å². The summed E-state index contributed by atoms with van der Waals surface area (Å²) in [5, 5.41) is 2.74. The van der Waals surface area contributed by atoms with Gasteiger partial charge in [0.15, 0.2) is 4.80 Å². The molecule has 0 radical (unpaired) electrons. The van der Waals surface area contributed by atoms with E-state index in [0.29, 0.717) is 17.3 Å². The van der Waals surface area contributed by atoms with Crippen LogP contribution in [0.1, 0.15) is 5.76 Å². The number of halogens is 3. The Kier molecular flexibility index (Phi) is 6.31. The number of rotatable bonds is 4. The van der Waals surface area contributed by atoms with Gasteiger partial charge in [0.25, 0.3) is 0 Å². The van der Waals surface area contributed by atoms with E-state index in [9.17, 15) is 4.39 Å². The molecule has 0 atom stereocenters. The number of benzene rings is 2. The topological polar surface area (TPSA) is 30.4 Å². The third-order valence-corrected chi connectivity index (χ3v) is 5.00. The monoisotopic (exact) mass is 464 g/mol. The molecule has 0 fully saturated rings. The quantitative estimate of drug-likeness (QED) is 0.340. The molecule has 2 aromatic heterocycles. The number of hydrogen-bond donors (Lipinski definition) is 0. The van der Waals surface area contributed by atoms with Crippen molar-refractivity contribution in [3.63, 3.8) is 0 Å². The zero-order valence-corrected chi connectivity index (χ0v) is 17.3. The maximum atomic E-state index is 13.1. The minimum absolute atomic E-state index is 0. The van der Waals surface area contributed by atoms with Gasteiger partial charge in [-0.3, -0.25) is 0 Å². The third kappa shape index (κ3) is 4.58. The van der Waals surface area contributed by atoms with E-state index >= 15 is 0 Å². The lowest BCUT2D eigenvalue weighted by Gasteiger charge is -2.08. The van der Waals surface area contributed by atoms with Gasteiger partial charge in [-0.1, -0.05) is 23.7 Å². The van der Waals surface area contributed by atoms with Crippen LogP contribution in [-0.4, -0.2) is 4.57 Å². The lowest BCUT2D eigenvalue weighted by atomic mass is 10.2. The summed E-state index contributed by atoms with van der Waals surface area (Å²) in [6, 6.07) is 17.6. The Morgan fingerprint density at radius 3 is 2.44 bits per heavy atom. The molecule has 0 saturated heterocycles. The molecule has 2 heterocycles. The first-order valence-electron chi connectivity index (χ1n) is 7.96. The Bertz CT molecular complexity index is 1070. The van der Waals surface area contributed by atoms with Crippen molar-refractivity contribution in [2.45, 2.75) is 6.54 Å². The van der Waals surface area contributed by atoms with Crippen molar-refractivity contribution in [3.05, 3.63) is 93.7 Å². The molecule has 0 saturated carbocycles. The molecule has 0 aliphatic carbocycles. The van der Waals surface area contributed by atoms with Crippen molar-refractivity contribution in [1.82, 2.24) is 4.57 Å². The number of hydrogen-bond acceptors (Lipinski definition) is 3. The minimum Gasteiger partial charge on any atom is -0.467 e. The summed E-state index contributed by atoms with van der Waals surface area (Å²) in [5.74, 6) is 0.555. The van der Waals surface area contributed by atoms with Crippen molar-refractivity contribution in [1.29, 1.82) is 0 Å². The highest BCUT2D eigenvalue weighted by Crippen LogP contribution is 2.24. The van der Waals surface area contributed by atoms with Crippen molar-refractivity contribution >= 4 is 45.6 Å². The SMILES string of the molecule is Br.Fc1ccc(N=c2scc(-c3ccc(Cl)cc3)n2Cc2ccco2)cc1. The molecule has 27 heavy (non-hydrogen) atoms. The molecule has 4 rings (SSSR count). The Labute approximate surface area is 175 Å². The maximum Gasteiger partial charge on any atom is 0.190 e. The van der Waals surface area contributed by atoms with Crippen LogP contribution in [-0.2, 0) is 6.54 Å². The molecule has 138 valence electrons. The van der Waals surface area contributed by atoms with Gasteiger partial charge in [-0.2, -0.15) is 0 Å². The zero-order valence-electron chi connectivity index (χ0n) is 14.0. The van der Waals surface area contributed by atoms with Crippen LogP contribution in [0.5, 0.6) is 0 Å². The predicted octanol–water partition coefficient (Wildman–Crippen LogP) is 6.46. The van der Waals surface area contributed by atoms with Gasteiger partial charge in [0.05, 0.1) is 24.2 Å².